The SMILES string of the molecule is CCNC(c1ccc(Br)cc1)c1cccc(OC)c1. The lowest BCUT2D eigenvalue weighted by Gasteiger charge is -2.19. The first kappa shape index (κ1) is 14.1. The molecule has 3 heteroatoms. The fourth-order valence-corrected chi connectivity index (χ4v) is 2.37. The predicted octanol–water partition coefficient (Wildman–Crippen LogP) is 4.16. The number of methoxy groups -OCH3 is 1. The van der Waals surface area contributed by atoms with Crippen molar-refractivity contribution in [2.45, 2.75) is 13.0 Å². The summed E-state index contributed by atoms with van der Waals surface area (Å²) in [7, 11) is 1.70. The molecule has 2 aromatic carbocycles. The zero-order valence-electron chi connectivity index (χ0n) is 11.2. The molecule has 0 aromatic heterocycles. The smallest absolute Gasteiger partial charge is 0.119 e. The molecule has 1 N–H and O–H groups in total. The van der Waals surface area contributed by atoms with E-state index in [1.807, 2.05) is 12.1 Å². The Bertz CT molecular complexity index is 525. The van der Waals surface area contributed by atoms with Gasteiger partial charge in [0.2, 0.25) is 0 Å². The van der Waals surface area contributed by atoms with Crippen LogP contribution in [0.1, 0.15) is 24.1 Å². The van der Waals surface area contributed by atoms with Gasteiger partial charge in [-0.2, -0.15) is 0 Å². The van der Waals surface area contributed by atoms with E-state index in [1.165, 1.54) is 11.1 Å². The first-order valence-corrected chi connectivity index (χ1v) is 7.16. The van der Waals surface area contributed by atoms with E-state index in [0.29, 0.717) is 0 Å². The zero-order valence-corrected chi connectivity index (χ0v) is 12.8. The molecule has 0 saturated carbocycles. The highest BCUT2D eigenvalue weighted by Gasteiger charge is 2.13. The normalized spacial score (nSPS) is 12.2. The van der Waals surface area contributed by atoms with Crippen molar-refractivity contribution in [1.82, 2.24) is 5.32 Å². The Hall–Kier alpha value is -1.32. The molecule has 0 heterocycles. The Kier molecular flexibility index (Phi) is 5.00. The van der Waals surface area contributed by atoms with Crippen LogP contribution in [0.15, 0.2) is 53.0 Å². The van der Waals surface area contributed by atoms with Crippen LogP contribution >= 0.6 is 15.9 Å². The van der Waals surface area contributed by atoms with Crippen molar-refractivity contribution < 1.29 is 4.74 Å². The van der Waals surface area contributed by atoms with E-state index >= 15 is 0 Å². The van der Waals surface area contributed by atoms with Gasteiger partial charge in [0, 0.05) is 4.47 Å². The standard InChI is InChI=1S/C16H18BrNO/c1-3-18-16(12-7-9-14(17)10-8-12)13-5-4-6-15(11-13)19-2/h4-11,16,18H,3H2,1-2H3. The van der Waals surface area contributed by atoms with E-state index in [1.54, 1.807) is 7.11 Å². The second-order valence-corrected chi connectivity index (χ2v) is 5.23. The summed E-state index contributed by atoms with van der Waals surface area (Å²) in [6.07, 6.45) is 0. The van der Waals surface area contributed by atoms with Crippen LogP contribution in [-0.2, 0) is 0 Å². The molecule has 2 nitrogen and oxygen atoms in total. The minimum atomic E-state index is 0.188. The molecule has 0 bridgehead atoms. The maximum absolute atomic E-state index is 5.30. The van der Waals surface area contributed by atoms with Crippen molar-refractivity contribution in [3.63, 3.8) is 0 Å². The van der Waals surface area contributed by atoms with E-state index in [4.69, 9.17) is 4.74 Å². The van der Waals surface area contributed by atoms with Crippen LogP contribution in [0.3, 0.4) is 0 Å². The van der Waals surface area contributed by atoms with Gasteiger partial charge in [-0.3, -0.25) is 0 Å². The summed E-state index contributed by atoms with van der Waals surface area (Å²) in [5, 5.41) is 3.52. The molecule has 2 rings (SSSR count). The summed E-state index contributed by atoms with van der Waals surface area (Å²) < 4.78 is 6.40. The Morgan fingerprint density at radius 2 is 1.84 bits per heavy atom. The summed E-state index contributed by atoms with van der Waals surface area (Å²) in [5.41, 5.74) is 2.46. The van der Waals surface area contributed by atoms with Crippen LogP contribution in [0.2, 0.25) is 0 Å². The average Bonchev–Trinajstić information content (AvgIpc) is 2.46. The van der Waals surface area contributed by atoms with Crippen LogP contribution in [0, 0.1) is 0 Å². The van der Waals surface area contributed by atoms with Gasteiger partial charge in [0.1, 0.15) is 5.75 Å². The van der Waals surface area contributed by atoms with E-state index in [2.05, 4.69) is 64.6 Å². The van der Waals surface area contributed by atoms with Gasteiger partial charge in [0.05, 0.1) is 13.2 Å². The van der Waals surface area contributed by atoms with Gasteiger partial charge in [-0.15, -0.1) is 0 Å². The molecule has 100 valence electrons. The highest BCUT2D eigenvalue weighted by Crippen LogP contribution is 2.26. The Balaban J connectivity index is 2.35. The van der Waals surface area contributed by atoms with Crippen LogP contribution in [0.25, 0.3) is 0 Å². The molecule has 0 aliphatic heterocycles. The van der Waals surface area contributed by atoms with Gasteiger partial charge < -0.3 is 10.1 Å². The average molecular weight is 320 g/mol. The van der Waals surface area contributed by atoms with E-state index < -0.39 is 0 Å². The zero-order chi connectivity index (χ0) is 13.7. The topological polar surface area (TPSA) is 21.3 Å². The van der Waals surface area contributed by atoms with Crippen molar-refractivity contribution in [3.05, 3.63) is 64.1 Å². The molecule has 0 aliphatic carbocycles. The molecule has 0 radical (unpaired) electrons. The first-order chi connectivity index (χ1) is 9.24. The number of benzene rings is 2. The number of hydrogen-bond donors (Lipinski definition) is 1. The second kappa shape index (κ2) is 6.73. The first-order valence-electron chi connectivity index (χ1n) is 6.37. The number of rotatable bonds is 5. The lowest BCUT2D eigenvalue weighted by atomic mass is 9.98. The van der Waals surface area contributed by atoms with E-state index in [-0.39, 0.29) is 6.04 Å². The molecule has 2 aromatic rings. The quantitative estimate of drug-likeness (QED) is 0.893. The van der Waals surface area contributed by atoms with Crippen molar-refractivity contribution in [3.8, 4) is 5.75 Å². The van der Waals surface area contributed by atoms with Gasteiger partial charge in [-0.05, 0) is 41.9 Å². The summed E-state index contributed by atoms with van der Waals surface area (Å²) in [4.78, 5) is 0. The minimum Gasteiger partial charge on any atom is -0.497 e. The largest absolute Gasteiger partial charge is 0.497 e. The minimum absolute atomic E-state index is 0.188. The van der Waals surface area contributed by atoms with Crippen LogP contribution < -0.4 is 10.1 Å². The van der Waals surface area contributed by atoms with Gasteiger partial charge in [0.15, 0.2) is 0 Å². The van der Waals surface area contributed by atoms with Crippen molar-refractivity contribution in [1.29, 1.82) is 0 Å². The summed E-state index contributed by atoms with van der Waals surface area (Å²) in [6, 6.07) is 16.8. The Labute approximate surface area is 122 Å². The van der Waals surface area contributed by atoms with Crippen LogP contribution in [0.5, 0.6) is 5.75 Å². The number of ether oxygens (including phenoxy) is 1. The Morgan fingerprint density at radius 1 is 1.11 bits per heavy atom. The van der Waals surface area contributed by atoms with Crippen LogP contribution in [0.4, 0.5) is 0 Å². The fraction of sp³-hybridized carbons (Fsp3) is 0.250. The highest BCUT2D eigenvalue weighted by atomic mass is 79.9. The van der Waals surface area contributed by atoms with Crippen molar-refractivity contribution in [2.75, 3.05) is 13.7 Å². The lowest BCUT2D eigenvalue weighted by Crippen LogP contribution is -2.21. The fourth-order valence-electron chi connectivity index (χ4n) is 2.11. The van der Waals surface area contributed by atoms with Gasteiger partial charge in [0.25, 0.3) is 0 Å². The molecule has 0 amide bonds. The molecule has 19 heavy (non-hydrogen) atoms. The van der Waals surface area contributed by atoms with Crippen molar-refractivity contribution in [2.24, 2.45) is 0 Å². The van der Waals surface area contributed by atoms with Crippen molar-refractivity contribution >= 4 is 15.9 Å². The third kappa shape index (κ3) is 3.58. The molecular weight excluding hydrogens is 302 g/mol. The summed E-state index contributed by atoms with van der Waals surface area (Å²) in [5.74, 6) is 0.887. The predicted molar refractivity (Wildman–Crippen MR) is 82.7 cm³/mol. The van der Waals surface area contributed by atoms with E-state index in [0.717, 1.165) is 16.8 Å². The number of halogens is 1. The highest BCUT2D eigenvalue weighted by molar-refractivity contribution is 9.10. The van der Waals surface area contributed by atoms with Gasteiger partial charge in [-0.25, -0.2) is 0 Å². The number of nitrogens with one attached hydrogen (secondary N) is 1. The summed E-state index contributed by atoms with van der Waals surface area (Å²) in [6.45, 7) is 3.03. The maximum Gasteiger partial charge on any atom is 0.119 e. The molecule has 0 aliphatic rings. The third-order valence-corrected chi connectivity index (χ3v) is 3.57. The Morgan fingerprint density at radius 3 is 2.47 bits per heavy atom. The summed E-state index contributed by atoms with van der Waals surface area (Å²) >= 11 is 3.47. The van der Waals surface area contributed by atoms with E-state index in [9.17, 15) is 0 Å². The van der Waals surface area contributed by atoms with Gasteiger partial charge in [-0.1, -0.05) is 47.1 Å². The molecular formula is C16H18BrNO. The van der Waals surface area contributed by atoms with Gasteiger partial charge >= 0.3 is 0 Å². The molecule has 0 spiro atoms. The molecule has 0 saturated heterocycles. The molecule has 1 unspecified atom stereocenters. The lowest BCUT2D eigenvalue weighted by molar-refractivity contribution is 0.413. The maximum atomic E-state index is 5.30. The number of hydrogen-bond acceptors (Lipinski definition) is 2. The second-order valence-electron chi connectivity index (χ2n) is 4.32. The monoisotopic (exact) mass is 319 g/mol. The third-order valence-electron chi connectivity index (χ3n) is 3.04. The van der Waals surface area contributed by atoms with Crippen LogP contribution in [-0.4, -0.2) is 13.7 Å². The molecule has 0 fully saturated rings. The molecule has 1 atom stereocenters.